The van der Waals surface area contributed by atoms with Crippen molar-refractivity contribution in [1.29, 1.82) is 5.26 Å². The molecule has 0 atom stereocenters. The topological polar surface area (TPSA) is 48.3 Å². The number of nitriles is 1. The van der Waals surface area contributed by atoms with Gasteiger partial charge in [0.1, 0.15) is 11.8 Å². The lowest BCUT2D eigenvalue weighted by Gasteiger charge is -2.36. The van der Waals surface area contributed by atoms with Gasteiger partial charge in [0.05, 0.1) is 12.7 Å². The first-order chi connectivity index (χ1) is 10.1. The SMILES string of the molecule is COc1ccc(CNCC2(N(C)C)CCCC2)cc1C#N. The Hall–Kier alpha value is -1.57. The highest BCUT2D eigenvalue weighted by Crippen LogP contribution is 2.33. The first kappa shape index (κ1) is 15.8. The van der Waals surface area contributed by atoms with E-state index >= 15 is 0 Å². The Labute approximate surface area is 127 Å². The third kappa shape index (κ3) is 3.55. The van der Waals surface area contributed by atoms with Gasteiger partial charge >= 0.3 is 0 Å². The zero-order chi connectivity index (χ0) is 15.3. The highest BCUT2D eigenvalue weighted by molar-refractivity contribution is 5.45. The van der Waals surface area contributed by atoms with E-state index in [1.54, 1.807) is 7.11 Å². The second kappa shape index (κ2) is 6.93. The average Bonchev–Trinajstić information content (AvgIpc) is 2.97. The van der Waals surface area contributed by atoms with Gasteiger partial charge in [0.2, 0.25) is 0 Å². The molecular weight excluding hydrogens is 262 g/mol. The van der Waals surface area contributed by atoms with Gasteiger partial charge in [-0.2, -0.15) is 5.26 Å². The maximum Gasteiger partial charge on any atom is 0.136 e. The van der Waals surface area contributed by atoms with E-state index in [4.69, 9.17) is 10.00 Å². The van der Waals surface area contributed by atoms with Crippen LogP contribution < -0.4 is 10.1 Å². The molecule has 4 nitrogen and oxygen atoms in total. The Bertz CT molecular complexity index is 513. The molecule has 4 heteroatoms. The minimum atomic E-state index is 0.296. The molecule has 0 radical (unpaired) electrons. The molecule has 0 aliphatic heterocycles. The lowest BCUT2D eigenvalue weighted by atomic mass is 9.96. The van der Waals surface area contributed by atoms with Crippen LogP contribution >= 0.6 is 0 Å². The summed E-state index contributed by atoms with van der Waals surface area (Å²) in [5.74, 6) is 0.641. The molecule has 0 aromatic heterocycles. The third-order valence-electron chi connectivity index (χ3n) is 4.65. The van der Waals surface area contributed by atoms with Crippen LogP contribution in [0.2, 0.25) is 0 Å². The molecule has 1 saturated carbocycles. The fraction of sp³-hybridized carbons (Fsp3) is 0.588. The van der Waals surface area contributed by atoms with Crippen LogP contribution in [-0.4, -0.2) is 38.2 Å². The van der Waals surface area contributed by atoms with Crippen molar-refractivity contribution >= 4 is 0 Å². The molecule has 1 fully saturated rings. The van der Waals surface area contributed by atoms with Gasteiger partial charge < -0.3 is 15.0 Å². The standard InChI is InChI=1S/C17H25N3O/c1-20(2)17(8-4-5-9-17)13-19-12-14-6-7-16(21-3)15(10-14)11-18/h6-7,10,19H,4-5,8-9,12-13H2,1-3H3. The molecule has 114 valence electrons. The first-order valence-corrected chi connectivity index (χ1v) is 7.56. The molecule has 0 unspecified atom stereocenters. The molecule has 0 saturated heterocycles. The summed E-state index contributed by atoms with van der Waals surface area (Å²) in [5.41, 5.74) is 2.02. The van der Waals surface area contributed by atoms with Crippen molar-refractivity contribution in [2.75, 3.05) is 27.7 Å². The van der Waals surface area contributed by atoms with Gasteiger partial charge in [-0.1, -0.05) is 18.9 Å². The predicted octanol–water partition coefficient (Wildman–Crippen LogP) is 2.53. The second-order valence-electron chi connectivity index (χ2n) is 6.08. The number of nitrogens with one attached hydrogen (secondary N) is 1. The largest absolute Gasteiger partial charge is 0.495 e. The van der Waals surface area contributed by atoms with Crippen LogP contribution in [0.1, 0.15) is 36.8 Å². The minimum Gasteiger partial charge on any atom is -0.495 e. The van der Waals surface area contributed by atoms with Gasteiger partial charge in [-0.25, -0.2) is 0 Å². The summed E-state index contributed by atoms with van der Waals surface area (Å²) in [4.78, 5) is 2.36. The van der Waals surface area contributed by atoms with E-state index < -0.39 is 0 Å². The van der Waals surface area contributed by atoms with Crippen LogP contribution in [0.3, 0.4) is 0 Å². The quantitative estimate of drug-likeness (QED) is 0.873. The molecule has 1 aromatic carbocycles. The Kier molecular flexibility index (Phi) is 5.22. The Morgan fingerprint density at radius 2 is 2.05 bits per heavy atom. The Morgan fingerprint density at radius 3 is 2.62 bits per heavy atom. The Morgan fingerprint density at radius 1 is 1.33 bits per heavy atom. The van der Waals surface area contributed by atoms with Crippen LogP contribution in [0, 0.1) is 11.3 Å². The van der Waals surface area contributed by atoms with Crippen molar-refractivity contribution in [2.24, 2.45) is 0 Å². The van der Waals surface area contributed by atoms with Crippen molar-refractivity contribution < 1.29 is 4.74 Å². The smallest absolute Gasteiger partial charge is 0.136 e. The van der Waals surface area contributed by atoms with E-state index in [0.717, 1.165) is 18.7 Å². The summed E-state index contributed by atoms with van der Waals surface area (Å²) < 4.78 is 5.17. The maximum absolute atomic E-state index is 9.13. The molecule has 1 aromatic rings. The molecule has 1 N–H and O–H groups in total. The number of hydrogen-bond donors (Lipinski definition) is 1. The summed E-state index contributed by atoms with van der Waals surface area (Å²) in [6.07, 6.45) is 5.17. The zero-order valence-corrected chi connectivity index (χ0v) is 13.3. The lowest BCUT2D eigenvalue weighted by molar-refractivity contribution is 0.153. The van der Waals surface area contributed by atoms with E-state index in [1.165, 1.54) is 25.7 Å². The third-order valence-corrected chi connectivity index (χ3v) is 4.65. The second-order valence-corrected chi connectivity index (χ2v) is 6.08. The van der Waals surface area contributed by atoms with Crippen LogP contribution in [0.25, 0.3) is 0 Å². The fourth-order valence-corrected chi connectivity index (χ4v) is 3.21. The van der Waals surface area contributed by atoms with Crippen LogP contribution in [0.5, 0.6) is 5.75 Å². The van der Waals surface area contributed by atoms with Crippen molar-refractivity contribution in [1.82, 2.24) is 10.2 Å². The summed E-state index contributed by atoms with van der Waals surface area (Å²) in [7, 11) is 5.94. The van der Waals surface area contributed by atoms with Gasteiger partial charge in [0, 0.05) is 18.6 Å². The predicted molar refractivity (Wildman–Crippen MR) is 84.3 cm³/mol. The maximum atomic E-state index is 9.13. The molecular formula is C17H25N3O. The fourth-order valence-electron chi connectivity index (χ4n) is 3.21. The Balaban J connectivity index is 1.96. The summed E-state index contributed by atoms with van der Waals surface area (Å²) in [6, 6.07) is 7.97. The first-order valence-electron chi connectivity index (χ1n) is 7.56. The lowest BCUT2D eigenvalue weighted by Crippen LogP contribution is -2.49. The molecule has 0 bridgehead atoms. The van der Waals surface area contributed by atoms with E-state index in [2.05, 4.69) is 30.4 Å². The van der Waals surface area contributed by atoms with Gasteiger partial charge in [0.15, 0.2) is 0 Å². The van der Waals surface area contributed by atoms with Crippen LogP contribution in [0.4, 0.5) is 0 Å². The van der Waals surface area contributed by atoms with Gasteiger partial charge in [0.25, 0.3) is 0 Å². The highest BCUT2D eigenvalue weighted by Gasteiger charge is 2.35. The van der Waals surface area contributed by atoms with Gasteiger partial charge in [-0.05, 0) is 44.6 Å². The molecule has 1 aliphatic rings. The zero-order valence-electron chi connectivity index (χ0n) is 13.3. The van der Waals surface area contributed by atoms with E-state index in [-0.39, 0.29) is 0 Å². The normalized spacial score (nSPS) is 16.9. The number of hydrogen-bond acceptors (Lipinski definition) is 4. The highest BCUT2D eigenvalue weighted by atomic mass is 16.5. The van der Waals surface area contributed by atoms with Crippen molar-refractivity contribution in [2.45, 2.75) is 37.8 Å². The van der Waals surface area contributed by atoms with E-state index in [1.807, 2.05) is 18.2 Å². The van der Waals surface area contributed by atoms with Gasteiger partial charge in [-0.3, -0.25) is 0 Å². The number of methoxy groups -OCH3 is 1. The monoisotopic (exact) mass is 287 g/mol. The molecule has 2 rings (SSSR count). The molecule has 21 heavy (non-hydrogen) atoms. The average molecular weight is 287 g/mol. The number of ether oxygens (including phenoxy) is 1. The number of benzene rings is 1. The van der Waals surface area contributed by atoms with Crippen molar-refractivity contribution in [3.8, 4) is 11.8 Å². The van der Waals surface area contributed by atoms with Crippen molar-refractivity contribution in [3.05, 3.63) is 29.3 Å². The van der Waals surface area contributed by atoms with Crippen LogP contribution in [-0.2, 0) is 6.54 Å². The van der Waals surface area contributed by atoms with E-state index in [0.29, 0.717) is 16.9 Å². The number of nitrogens with zero attached hydrogens (tertiary/aromatic N) is 2. The van der Waals surface area contributed by atoms with Crippen LogP contribution in [0.15, 0.2) is 18.2 Å². The molecule has 1 aliphatic carbocycles. The van der Waals surface area contributed by atoms with Crippen molar-refractivity contribution in [3.63, 3.8) is 0 Å². The molecule has 0 amide bonds. The summed E-state index contributed by atoms with van der Waals surface area (Å²) >= 11 is 0. The number of likely N-dealkylation sites (N-methyl/N-ethyl adjacent to an activating group) is 1. The molecule has 0 heterocycles. The summed E-state index contributed by atoms with van der Waals surface area (Å²) in [5, 5.41) is 12.7. The molecule has 0 spiro atoms. The van der Waals surface area contributed by atoms with Gasteiger partial charge in [-0.15, -0.1) is 0 Å². The minimum absolute atomic E-state index is 0.296. The number of rotatable bonds is 6. The summed E-state index contributed by atoms with van der Waals surface area (Å²) in [6.45, 7) is 1.78. The van der Waals surface area contributed by atoms with E-state index in [9.17, 15) is 0 Å².